The Kier molecular flexibility index (Phi) is 8.76. The summed E-state index contributed by atoms with van der Waals surface area (Å²) in [6.45, 7) is 5.39. The minimum absolute atomic E-state index is 0.615. The van der Waals surface area contributed by atoms with Crippen LogP contribution in [0.2, 0.25) is 0 Å². The molecule has 1 aliphatic heterocycles. The topological polar surface area (TPSA) is 46.1 Å². The molecule has 0 bridgehead atoms. The molecule has 5 nitrogen and oxygen atoms in total. The molecule has 1 saturated heterocycles. The van der Waals surface area contributed by atoms with Gasteiger partial charge >= 0.3 is 0 Å². The van der Waals surface area contributed by atoms with Crippen LogP contribution in [-0.4, -0.2) is 64.5 Å². The van der Waals surface area contributed by atoms with E-state index in [1.807, 2.05) is 7.05 Å². The number of methoxy groups -OCH3 is 1. The zero-order chi connectivity index (χ0) is 16.3. The Morgan fingerprint density at radius 3 is 2.74 bits per heavy atom. The molecule has 1 unspecified atom stereocenters. The molecule has 23 heavy (non-hydrogen) atoms. The molecular formula is C18H35N3O2. The summed E-state index contributed by atoms with van der Waals surface area (Å²) in [5.41, 5.74) is 0. The van der Waals surface area contributed by atoms with Crippen molar-refractivity contribution in [2.45, 2.75) is 44.9 Å². The smallest absolute Gasteiger partial charge is 0.193 e. The fraction of sp³-hybridized carbons (Fsp3) is 0.944. The van der Waals surface area contributed by atoms with Gasteiger partial charge in [-0.05, 0) is 25.2 Å². The Morgan fingerprint density at radius 2 is 2.00 bits per heavy atom. The third kappa shape index (κ3) is 6.68. The normalized spacial score (nSPS) is 23.0. The summed E-state index contributed by atoms with van der Waals surface area (Å²) < 4.78 is 10.7. The number of aliphatic imine (C=N–C) groups is 1. The SMILES string of the molecule is CN=C(NCCCC1CCCC1)N1CCC(COCCOC)C1. The van der Waals surface area contributed by atoms with Gasteiger partial charge in [0.1, 0.15) is 0 Å². The highest BCUT2D eigenvalue weighted by Gasteiger charge is 2.24. The lowest BCUT2D eigenvalue weighted by Crippen LogP contribution is -2.40. The zero-order valence-electron chi connectivity index (χ0n) is 15.1. The number of nitrogens with zero attached hydrogens (tertiary/aromatic N) is 2. The molecule has 1 heterocycles. The highest BCUT2D eigenvalue weighted by molar-refractivity contribution is 5.80. The minimum atomic E-state index is 0.615. The van der Waals surface area contributed by atoms with Gasteiger partial charge in [-0.25, -0.2) is 0 Å². The van der Waals surface area contributed by atoms with E-state index in [9.17, 15) is 0 Å². The van der Waals surface area contributed by atoms with Crippen LogP contribution in [0.5, 0.6) is 0 Å². The van der Waals surface area contributed by atoms with Gasteiger partial charge in [0.2, 0.25) is 0 Å². The van der Waals surface area contributed by atoms with Crippen LogP contribution in [0.25, 0.3) is 0 Å². The predicted molar refractivity (Wildman–Crippen MR) is 94.9 cm³/mol. The highest BCUT2D eigenvalue weighted by Crippen LogP contribution is 2.28. The van der Waals surface area contributed by atoms with Crippen molar-refractivity contribution in [2.75, 3.05) is 53.6 Å². The van der Waals surface area contributed by atoms with Crippen molar-refractivity contribution in [2.24, 2.45) is 16.8 Å². The van der Waals surface area contributed by atoms with Crippen LogP contribution in [0.1, 0.15) is 44.9 Å². The monoisotopic (exact) mass is 325 g/mol. The van der Waals surface area contributed by atoms with E-state index in [2.05, 4.69) is 15.2 Å². The van der Waals surface area contributed by atoms with Crippen LogP contribution in [0.4, 0.5) is 0 Å². The van der Waals surface area contributed by atoms with Gasteiger partial charge in [-0.2, -0.15) is 0 Å². The Labute approximate surface area is 141 Å². The first-order chi connectivity index (χ1) is 11.3. The highest BCUT2D eigenvalue weighted by atomic mass is 16.5. The molecule has 1 N–H and O–H groups in total. The number of guanidine groups is 1. The number of likely N-dealkylation sites (tertiary alicyclic amines) is 1. The molecule has 1 saturated carbocycles. The molecule has 2 fully saturated rings. The molecule has 0 radical (unpaired) electrons. The molecule has 1 atom stereocenters. The first kappa shape index (κ1) is 18.5. The van der Waals surface area contributed by atoms with E-state index in [1.165, 1.54) is 44.9 Å². The van der Waals surface area contributed by atoms with Crippen molar-refractivity contribution in [3.05, 3.63) is 0 Å². The minimum Gasteiger partial charge on any atom is -0.382 e. The van der Waals surface area contributed by atoms with E-state index >= 15 is 0 Å². The number of hydrogen-bond acceptors (Lipinski definition) is 3. The van der Waals surface area contributed by atoms with E-state index < -0.39 is 0 Å². The summed E-state index contributed by atoms with van der Waals surface area (Å²) >= 11 is 0. The molecule has 1 aliphatic carbocycles. The second-order valence-corrected chi connectivity index (χ2v) is 6.94. The second-order valence-electron chi connectivity index (χ2n) is 6.94. The lowest BCUT2D eigenvalue weighted by molar-refractivity contribution is 0.0536. The molecule has 134 valence electrons. The van der Waals surface area contributed by atoms with Crippen molar-refractivity contribution >= 4 is 5.96 Å². The lowest BCUT2D eigenvalue weighted by Gasteiger charge is -2.22. The summed E-state index contributed by atoms with van der Waals surface area (Å²) in [7, 11) is 3.60. The fourth-order valence-electron chi connectivity index (χ4n) is 3.78. The second kappa shape index (κ2) is 10.9. The van der Waals surface area contributed by atoms with E-state index in [4.69, 9.17) is 9.47 Å². The third-order valence-corrected chi connectivity index (χ3v) is 5.13. The lowest BCUT2D eigenvalue weighted by atomic mass is 10.0. The van der Waals surface area contributed by atoms with Crippen molar-refractivity contribution in [3.8, 4) is 0 Å². The van der Waals surface area contributed by atoms with Crippen LogP contribution in [0, 0.1) is 11.8 Å². The van der Waals surface area contributed by atoms with Crippen molar-refractivity contribution in [1.82, 2.24) is 10.2 Å². The molecule has 0 aromatic carbocycles. The number of nitrogens with one attached hydrogen (secondary N) is 1. The molecule has 0 aromatic heterocycles. The largest absolute Gasteiger partial charge is 0.382 e. The van der Waals surface area contributed by atoms with E-state index in [1.54, 1.807) is 7.11 Å². The molecule has 0 aromatic rings. The van der Waals surface area contributed by atoms with Gasteiger partial charge in [-0.15, -0.1) is 0 Å². The Balaban J connectivity index is 1.58. The number of rotatable bonds is 9. The quantitative estimate of drug-likeness (QED) is 0.402. The summed E-state index contributed by atoms with van der Waals surface area (Å²) in [6.07, 6.45) is 9.62. The van der Waals surface area contributed by atoms with Gasteiger partial charge in [0.25, 0.3) is 0 Å². The first-order valence-electron chi connectivity index (χ1n) is 9.35. The maximum atomic E-state index is 5.66. The predicted octanol–water partition coefficient (Wildman–Crippen LogP) is 2.52. The molecular weight excluding hydrogens is 290 g/mol. The average molecular weight is 325 g/mol. The zero-order valence-corrected chi connectivity index (χ0v) is 15.1. The van der Waals surface area contributed by atoms with Crippen LogP contribution >= 0.6 is 0 Å². The van der Waals surface area contributed by atoms with Gasteiger partial charge in [0.05, 0.1) is 19.8 Å². The van der Waals surface area contributed by atoms with E-state index in [-0.39, 0.29) is 0 Å². The van der Waals surface area contributed by atoms with Crippen LogP contribution in [0.15, 0.2) is 4.99 Å². The Bertz CT molecular complexity index is 343. The summed E-state index contributed by atoms with van der Waals surface area (Å²) in [6, 6.07) is 0. The number of hydrogen-bond donors (Lipinski definition) is 1. The van der Waals surface area contributed by atoms with Crippen molar-refractivity contribution < 1.29 is 9.47 Å². The average Bonchev–Trinajstić information content (AvgIpc) is 3.23. The molecule has 2 rings (SSSR count). The Morgan fingerprint density at radius 1 is 1.17 bits per heavy atom. The van der Waals surface area contributed by atoms with Crippen molar-refractivity contribution in [3.63, 3.8) is 0 Å². The summed E-state index contributed by atoms with van der Waals surface area (Å²) in [5, 5.41) is 3.55. The van der Waals surface area contributed by atoms with Gasteiger partial charge in [-0.1, -0.05) is 25.7 Å². The van der Waals surface area contributed by atoms with Gasteiger partial charge in [0.15, 0.2) is 5.96 Å². The molecule has 2 aliphatic rings. The van der Waals surface area contributed by atoms with Crippen LogP contribution < -0.4 is 5.32 Å². The number of ether oxygens (including phenoxy) is 2. The van der Waals surface area contributed by atoms with Crippen LogP contribution in [0.3, 0.4) is 0 Å². The maximum Gasteiger partial charge on any atom is 0.193 e. The maximum absolute atomic E-state index is 5.66. The molecule has 0 spiro atoms. The molecule has 0 amide bonds. The van der Waals surface area contributed by atoms with Crippen LogP contribution in [-0.2, 0) is 9.47 Å². The molecule has 5 heteroatoms. The summed E-state index contributed by atoms with van der Waals surface area (Å²) in [5.74, 6) is 2.67. The standard InChI is InChI=1S/C18H35N3O2/c1-19-18(20-10-5-8-16-6-3-4-7-16)21-11-9-17(14-21)15-23-13-12-22-2/h16-17H,3-15H2,1-2H3,(H,19,20). The van der Waals surface area contributed by atoms with Crippen molar-refractivity contribution in [1.29, 1.82) is 0 Å². The first-order valence-corrected chi connectivity index (χ1v) is 9.35. The van der Waals surface area contributed by atoms with Gasteiger partial charge in [0, 0.05) is 39.7 Å². The summed E-state index contributed by atoms with van der Waals surface area (Å²) in [4.78, 5) is 6.83. The van der Waals surface area contributed by atoms with E-state index in [0.29, 0.717) is 19.1 Å². The third-order valence-electron chi connectivity index (χ3n) is 5.13. The van der Waals surface area contributed by atoms with Gasteiger partial charge in [-0.3, -0.25) is 4.99 Å². The fourth-order valence-corrected chi connectivity index (χ4v) is 3.78. The van der Waals surface area contributed by atoms with E-state index in [0.717, 1.165) is 38.1 Å². The Hall–Kier alpha value is -0.810. The van der Waals surface area contributed by atoms with Gasteiger partial charge < -0.3 is 19.7 Å².